The Kier molecular flexibility index (Phi) is 8.03. The van der Waals surface area contributed by atoms with Crippen molar-refractivity contribution in [1.82, 2.24) is 9.55 Å². The molecular weight excluding hydrogens is 631 g/mol. The van der Waals surface area contributed by atoms with Gasteiger partial charge < -0.3 is 0 Å². The molecule has 2 heterocycles. The lowest BCUT2D eigenvalue weighted by molar-refractivity contribution is -0.503. The number of aliphatic imine (C=N–C) groups is 1. The van der Waals surface area contributed by atoms with E-state index in [0.717, 1.165) is 56.3 Å². The van der Waals surface area contributed by atoms with Crippen LogP contribution in [0.1, 0.15) is 17.4 Å². The lowest BCUT2D eigenvalue weighted by Crippen LogP contribution is -2.25. The van der Waals surface area contributed by atoms with Crippen LogP contribution < -0.4 is 0 Å². The van der Waals surface area contributed by atoms with Crippen LogP contribution in [0, 0.1) is 0 Å². The van der Waals surface area contributed by atoms with Gasteiger partial charge in [0.15, 0.2) is 0 Å². The minimum Gasteiger partial charge on any atom is -0.243 e. The van der Waals surface area contributed by atoms with Gasteiger partial charge in [0.2, 0.25) is 11.4 Å². The maximum absolute atomic E-state index is 7.09. The molecule has 0 spiro atoms. The Balaban J connectivity index is 1.54. The van der Waals surface area contributed by atoms with Crippen LogP contribution in [0.5, 0.6) is 0 Å². The Bertz CT molecular complexity index is 2300. The second-order valence-corrected chi connectivity index (χ2v) is 12.3. The van der Waals surface area contributed by atoms with Crippen LogP contribution in [0.25, 0.3) is 33.9 Å². The molecule has 7 aromatic rings. The fourth-order valence-electron chi connectivity index (χ4n) is 6.37. The van der Waals surface area contributed by atoms with Gasteiger partial charge >= 0.3 is 6.29 Å². The first-order valence-corrected chi connectivity index (χ1v) is 16.5. The van der Waals surface area contributed by atoms with E-state index in [1.165, 1.54) is 0 Å². The van der Waals surface area contributed by atoms with Crippen LogP contribution in [0.15, 0.2) is 175 Å². The van der Waals surface area contributed by atoms with Gasteiger partial charge in [0.1, 0.15) is 16.6 Å². The van der Waals surface area contributed by atoms with E-state index in [1.54, 1.807) is 0 Å². The number of aromatic nitrogens is 2. The summed E-state index contributed by atoms with van der Waals surface area (Å²) in [4.78, 5) is 11.0. The summed E-state index contributed by atoms with van der Waals surface area (Å²) in [6.07, 6.45) is -0.623. The average molecular weight is 661 g/mol. The number of nitrogens with zero attached hydrogens (tertiary/aromatic N) is 4. The molecule has 1 aliphatic rings. The number of imidazole rings is 1. The molecule has 48 heavy (non-hydrogen) atoms. The van der Waals surface area contributed by atoms with Gasteiger partial charge in [0.25, 0.3) is 0 Å². The molecule has 1 aromatic heterocycles. The van der Waals surface area contributed by atoms with E-state index in [-0.39, 0.29) is 0 Å². The highest BCUT2D eigenvalue weighted by Crippen LogP contribution is 2.44. The highest BCUT2D eigenvalue weighted by Gasteiger charge is 2.44. The monoisotopic (exact) mass is 659 g/mol. The zero-order valence-electron chi connectivity index (χ0n) is 25.8. The number of hydrogen-bond donors (Lipinski definition) is 0. The minimum atomic E-state index is -0.623. The average Bonchev–Trinajstić information content (AvgIpc) is 3.73. The van der Waals surface area contributed by atoms with Crippen molar-refractivity contribution in [2.75, 3.05) is 0 Å². The van der Waals surface area contributed by atoms with E-state index in [9.17, 15) is 0 Å². The number of para-hydroxylation sites is 1. The lowest BCUT2D eigenvalue weighted by Gasteiger charge is -2.18. The summed E-state index contributed by atoms with van der Waals surface area (Å²) in [5.41, 5.74) is 9.20. The van der Waals surface area contributed by atoms with Crippen molar-refractivity contribution in [3.63, 3.8) is 0 Å². The van der Waals surface area contributed by atoms with Crippen molar-refractivity contribution >= 4 is 40.3 Å². The first-order valence-electron chi connectivity index (χ1n) is 15.8. The fraction of sp³-hybridized carbons (Fsp3) is 0.0238. The summed E-state index contributed by atoms with van der Waals surface area (Å²) < 4.78 is 4.46. The molecule has 0 bridgehead atoms. The Labute approximate surface area is 289 Å². The maximum atomic E-state index is 7.09. The molecule has 0 fully saturated rings. The van der Waals surface area contributed by atoms with Crippen molar-refractivity contribution in [2.24, 2.45) is 4.99 Å². The van der Waals surface area contributed by atoms with Gasteiger partial charge in [-0.15, -0.1) is 4.58 Å². The van der Waals surface area contributed by atoms with Gasteiger partial charge in [-0.2, -0.15) is 4.99 Å². The van der Waals surface area contributed by atoms with E-state index in [0.29, 0.717) is 15.9 Å². The van der Waals surface area contributed by atoms with Crippen LogP contribution in [0.2, 0.25) is 10.0 Å². The largest absolute Gasteiger partial charge is 0.341 e. The van der Waals surface area contributed by atoms with Gasteiger partial charge in [0, 0.05) is 33.9 Å². The highest BCUT2D eigenvalue weighted by atomic mass is 35.5. The molecule has 1 aliphatic heterocycles. The molecule has 6 aromatic carbocycles. The third-order valence-corrected chi connectivity index (χ3v) is 9.15. The minimum absolute atomic E-state index is 0.602. The number of rotatable bonds is 7. The molecule has 0 aliphatic carbocycles. The van der Waals surface area contributed by atoms with Gasteiger partial charge in [-0.05, 0) is 30.3 Å². The topological polar surface area (TPSA) is 33.2 Å². The van der Waals surface area contributed by atoms with Crippen LogP contribution in [-0.4, -0.2) is 25.5 Å². The SMILES string of the molecule is Clc1ccccc1-c1nc(-c2ccccc2)c(-c2ccccc2)n1C1N=C(c2ccccc2)C(c2ccccc2)=[N+]1c1ccccc1Cl. The van der Waals surface area contributed by atoms with E-state index in [1.807, 2.05) is 97.1 Å². The summed E-state index contributed by atoms with van der Waals surface area (Å²) in [6.45, 7) is 0. The molecule has 1 unspecified atom stereocenters. The number of hydrogen-bond acceptors (Lipinski definition) is 2. The second-order valence-electron chi connectivity index (χ2n) is 11.4. The number of halogens is 2. The summed E-state index contributed by atoms with van der Waals surface area (Å²) in [5.74, 6) is 0.700. The predicted molar refractivity (Wildman–Crippen MR) is 197 cm³/mol. The van der Waals surface area contributed by atoms with Crippen LogP contribution in [-0.2, 0) is 0 Å². The summed E-state index contributed by atoms with van der Waals surface area (Å²) >= 11 is 14.1. The molecule has 230 valence electrons. The fourth-order valence-corrected chi connectivity index (χ4v) is 6.81. The van der Waals surface area contributed by atoms with Crippen LogP contribution in [0.4, 0.5) is 5.69 Å². The molecule has 0 saturated heterocycles. The second kappa shape index (κ2) is 12.9. The Hall–Kier alpha value is -5.55. The number of benzene rings is 6. The molecule has 0 amide bonds. The van der Waals surface area contributed by atoms with Crippen LogP contribution in [0.3, 0.4) is 0 Å². The van der Waals surface area contributed by atoms with Gasteiger partial charge in [0.05, 0.1) is 16.4 Å². The third-order valence-electron chi connectivity index (χ3n) is 8.50. The van der Waals surface area contributed by atoms with E-state index < -0.39 is 6.29 Å². The van der Waals surface area contributed by atoms with Crippen LogP contribution >= 0.6 is 23.2 Å². The lowest BCUT2D eigenvalue weighted by atomic mass is 9.99. The Morgan fingerprint density at radius 1 is 0.500 bits per heavy atom. The normalized spacial score (nSPS) is 14.3. The maximum Gasteiger partial charge on any atom is 0.341 e. The third kappa shape index (κ3) is 5.35. The van der Waals surface area contributed by atoms with Gasteiger partial charge in [-0.1, -0.05) is 157 Å². The first kappa shape index (κ1) is 29.8. The first-order chi connectivity index (χ1) is 23.7. The molecule has 0 radical (unpaired) electrons. The Morgan fingerprint density at radius 3 is 1.60 bits per heavy atom. The molecule has 8 rings (SSSR count). The Morgan fingerprint density at radius 2 is 1.00 bits per heavy atom. The quantitative estimate of drug-likeness (QED) is 0.157. The smallest absolute Gasteiger partial charge is 0.243 e. The molecule has 4 nitrogen and oxygen atoms in total. The summed E-state index contributed by atoms with van der Waals surface area (Å²) in [5, 5.41) is 1.22. The van der Waals surface area contributed by atoms with E-state index in [4.69, 9.17) is 33.2 Å². The van der Waals surface area contributed by atoms with Gasteiger partial charge in [-0.25, -0.2) is 9.55 Å². The van der Waals surface area contributed by atoms with E-state index in [2.05, 4.69) is 81.9 Å². The zero-order valence-corrected chi connectivity index (χ0v) is 27.3. The zero-order chi connectivity index (χ0) is 32.5. The molecular formula is C42H29Cl2N4+. The standard InChI is InChI=1S/C42H29Cl2N4/c43-34-26-14-13-25-33(34)41-45-37(29-17-5-1-6-18-29)40(32-23-11-4-12-24-32)48(41)42-46-38(30-19-7-2-8-20-30)39(31-21-9-3-10-22-31)47(42)36-28-16-15-27-35(36)44/h1-28,42H/q+1. The van der Waals surface area contributed by atoms with Crippen molar-refractivity contribution in [3.05, 3.63) is 191 Å². The van der Waals surface area contributed by atoms with E-state index >= 15 is 0 Å². The van der Waals surface area contributed by atoms with Crippen molar-refractivity contribution in [3.8, 4) is 33.9 Å². The predicted octanol–water partition coefficient (Wildman–Crippen LogP) is 11.0. The van der Waals surface area contributed by atoms with Crippen molar-refractivity contribution in [2.45, 2.75) is 6.29 Å². The molecule has 0 N–H and O–H groups in total. The van der Waals surface area contributed by atoms with Crippen molar-refractivity contribution < 1.29 is 4.58 Å². The highest BCUT2D eigenvalue weighted by molar-refractivity contribution is 6.52. The van der Waals surface area contributed by atoms with Gasteiger partial charge in [-0.3, -0.25) is 0 Å². The molecule has 6 heteroatoms. The summed E-state index contributed by atoms with van der Waals surface area (Å²) in [7, 11) is 0. The van der Waals surface area contributed by atoms with Crippen molar-refractivity contribution in [1.29, 1.82) is 0 Å². The molecule has 1 atom stereocenters. The summed E-state index contributed by atoms with van der Waals surface area (Å²) in [6, 6.07) is 57.1. The molecule has 0 saturated carbocycles.